The lowest BCUT2D eigenvalue weighted by Gasteiger charge is -2.10. The summed E-state index contributed by atoms with van der Waals surface area (Å²) in [6.45, 7) is 1.10. The minimum atomic E-state index is -0.634. The van der Waals surface area contributed by atoms with E-state index >= 15 is 0 Å². The van der Waals surface area contributed by atoms with Crippen LogP contribution in [-0.4, -0.2) is 6.67 Å². The zero-order valence-corrected chi connectivity index (χ0v) is 8.07. The summed E-state index contributed by atoms with van der Waals surface area (Å²) >= 11 is 0. The molecule has 1 nitrogen and oxygen atoms in total. The fourth-order valence-electron chi connectivity index (χ4n) is 1.14. The van der Waals surface area contributed by atoms with Gasteiger partial charge in [-0.25, -0.2) is 8.78 Å². The standard InChI is InChI=1S/C9H11F2N.ClH/c1-6-4-7(11)2-3-8(6)9(12)5-10;/h2-4,9H,5,12H2,1H3;1H/t9-;/m1./s1. The lowest BCUT2D eigenvalue weighted by atomic mass is 10.0. The molecular formula is C9H12ClF2N. The molecule has 0 bridgehead atoms. The van der Waals surface area contributed by atoms with Crippen LogP contribution in [0.5, 0.6) is 0 Å². The van der Waals surface area contributed by atoms with E-state index in [0.29, 0.717) is 11.1 Å². The summed E-state index contributed by atoms with van der Waals surface area (Å²) in [5.41, 5.74) is 6.81. The van der Waals surface area contributed by atoms with E-state index < -0.39 is 12.7 Å². The van der Waals surface area contributed by atoms with Gasteiger partial charge in [-0.2, -0.15) is 0 Å². The van der Waals surface area contributed by atoms with Gasteiger partial charge in [0, 0.05) is 0 Å². The highest BCUT2D eigenvalue weighted by molar-refractivity contribution is 5.85. The molecule has 1 rings (SSSR count). The average Bonchev–Trinajstić information content (AvgIpc) is 2.03. The van der Waals surface area contributed by atoms with Crippen molar-refractivity contribution >= 4 is 12.4 Å². The van der Waals surface area contributed by atoms with Crippen molar-refractivity contribution in [2.45, 2.75) is 13.0 Å². The van der Waals surface area contributed by atoms with Crippen LogP contribution in [0.2, 0.25) is 0 Å². The Bertz CT molecular complexity index is 278. The SMILES string of the molecule is Cc1cc(F)ccc1[C@H](N)CF.Cl. The van der Waals surface area contributed by atoms with Gasteiger partial charge in [-0.05, 0) is 30.2 Å². The Kier molecular flexibility index (Phi) is 4.88. The molecule has 0 aromatic heterocycles. The van der Waals surface area contributed by atoms with E-state index in [-0.39, 0.29) is 18.2 Å². The second kappa shape index (κ2) is 5.14. The largest absolute Gasteiger partial charge is 0.322 e. The number of benzene rings is 1. The molecule has 0 saturated carbocycles. The summed E-state index contributed by atoms with van der Waals surface area (Å²) in [6.07, 6.45) is 0. The number of alkyl halides is 1. The third-order valence-corrected chi connectivity index (χ3v) is 1.80. The highest BCUT2D eigenvalue weighted by Gasteiger charge is 2.08. The molecule has 1 aromatic carbocycles. The van der Waals surface area contributed by atoms with Gasteiger partial charge in [0.1, 0.15) is 12.5 Å². The van der Waals surface area contributed by atoms with Crippen LogP contribution in [0.3, 0.4) is 0 Å². The number of aryl methyl sites for hydroxylation is 1. The summed E-state index contributed by atoms with van der Waals surface area (Å²) in [7, 11) is 0. The summed E-state index contributed by atoms with van der Waals surface area (Å²) in [6, 6.07) is 3.53. The van der Waals surface area contributed by atoms with E-state index in [1.54, 1.807) is 6.92 Å². The molecule has 2 N–H and O–H groups in total. The predicted molar refractivity (Wildman–Crippen MR) is 51.3 cm³/mol. The van der Waals surface area contributed by atoms with Crippen LogP contribution in [0, 0.1) is 12.7 Å². The van der Waals surface area contributed by atoms with Gasteiger partial charge in [0.2, 0.25) is 0 Å². The maximum absolute atomic E-state index is 12.6. The molecule has 0 aliphatic heterocycles. The molecule has 0 radical (unpaired) electrons. The van der Waals surface area contributed by atoms with Crippen LogP contribution in [0.15, 0.2) is 18.2 Å². The number of rotatable bonds is 2. The smallest absolute Gasteiger partial charge is 0.123 e. The normalized spacial score (nSPS) is 12.0. The Morgan fingerprint density at radius 2 is 2.08 bits per heavy atom. The number of halogens is 3. The molecular weight excluding hydrogens is 196 g/mol. The first kappa shape index (κ1) is 12.3. The van der Waals surface area contributed by atoms with Crippen LogP contribution in [0.1, 0.15) is 17.2 Å². The van der Waals surface area contributed by atoms with E-state index in [1.165, 1.54) is 18.2 Å². The molecule has 0 aliphatic rings. The second-order valence-electron chi connectivity index (χ2n) is 2.76. The van der Waals surface area contributed by atoms with Gasteiger partial charge in [0.05, 0.1) is 6.04 Å². The average molecular weight is 208 g/mol. The molecule has 0 unspecified atom stereocenters. The van der Waals surface area contributed by atoms with Crippen molar-refractivity contribution in [1.82, 2.24) is 0 Å². The van der Waals surface area contributed by atoms with E-state index in [2.05, 4.69) is 0 Å². The van der Waals surface area contributed by atoms with Crippen LogP contribution in [0.4, 0.5) is 8.78 Å². The van der Waals surface area contributed by atoms with Crippen LogP contribution >= 0.6 is 12.4 Å². The topological polar surface area (TPSA) is 26.0 Å². The first-order valence-electron chi connectivity index (χ1n) is 3.72. The predicted octanol–water partition coefficient (Wildman–Crippen LogP) is 2.53. The van der Waals surface area contributed by atoms with Crippen molar-refractivity contribution in [2.75, 3.05) is 6.67 Å². The van der Waals surface area contributed by atoms with Crippen molar-refractivity contribution in [1.29, 1.82) is 0 Å². The van der Waals surface area contributed by atoms with Crippen molar-refractivity contribution in [3.63, 3.8) is 0 Å². The maximum Gasteiger partial charge on any atom is 0.123 e. The molecule has 1 aromatic rings. The fraction of sp³-hybridized carbons (Fsp3) is 0.333. The van der Waals surface area contributed by atoms with Crippen LogP contribution in [-0.2, 0) is 0 Å². The third kappa shape index (κ3) is 2.94. The molecule has 0 heterocycles. The molecule has 74 valence electrons. The highest BCUT2D eigenvalue weighted by Crippen LogP contribution is 2.16. The van der Waals surface area contributed by atoms with E-state index in [0.717, 1.165) is 0 Å². The molecule has 0 spiro atoms. The summed E-state index contributed by atoms with van der Waals surface area (Å²) in [5.74, 6) is -0.317. The first-order valence-corrected chi connectivity index (χ1v) is 3.72. The zero-order chi connectivity index (χ0) is 9.14. The van der Waals surface area contributed by atoms with Crippen molar-refractivity contribution in [2.24, 2.45) is 5.73 Å². The van der Waals surface area contributed by atoms with Gasteiger partial charge in [-0.3, -0.25) is 0 Å². The first-order chi connectivity index (χ1) is 5.65. The Morgan fingerprint density at radius 3 is 2.54 bits per heavy atom. The van der Waals surface area contributed by atoms with Gasteiger partial charge < -0.3 is 5.73 Å². The maximum atomic E-state index is 12.6. The summed E-state index contributed by atoms with van der Waals surface area (Å²) in [4.78, 5) is 0. The monoisotopic (exact) mass is 207 g/mol. The Labute approximate surface area is 82.4 Å². The summed E-state index contributed by atoms with van der Waals surface area (Å²) in [5, 5.41) is 0. The lowest BCUT2D eigenvalue weighted by Crippen LogP contribution is -2.13. The molecule has 0 fully saturated rings. The van der Waals surface area contributed by atoms with Gasteiger partial charge in [-0.15, -0.1) is 12.4 Å². The molecule has 13 heavy (non-hydrogen) atoms. The Balaban J connectivity index is 0.00000144. The van der Waals surface area contributed by atoms with Gasteiger partial charge in [0.25, 0.3) is 0 Å². The molecule has 0 amide bonds. The highest BCUT2D eigenvalue weighted by atomic mass is 35.5. The fourth-order valence-corrected chi connectivity index (χ4v) is 1.14. The third-order valence-electron chi connectivity index (χ3n) is 1.80. The van der Waals surface area contributed by atoms with Crippen molar-refractivity contribution in [3.05, 3.63) is 35.1 Å². The quantitative estimate of drug-likeness (QED) is 0.793. The second-order valence-corrected chi connectivity index (χ2v) is 2.76. The van der Waals surface area contributed by atoms with Crippen molar-refractivity contribution in [3.8, 4) is 0 Å². The molecule has 0 aliphatic carbocycles. The van der Waals surface area contributed by atoms with Gasteiger partial charge in [-0.1, -0.05) is 6.07 Å². The number of hydrogen-bond donors (Lipinski definition) is 1. The minimum Gasteiger partial charge on any atom is -0.322 e. The summed E-state index contributed by atoms with van der Waals surface area (Å²) < 4.78 is 24.7. The minimum absolute atomic E-state index is 0. The molecule has 1 atom stereocenters. The van der Waals surface area contributed by atoms with Crippen LogP contribution in [0.25, 0.3) is 0 Å². The van der Waals surface area contributed by atoms with Crippen molar-refractivity contribution < 1.29 is 8.78 Å². The Morgan fingerprint density at radius 1 is 1.46 bits per heavy atom. The Hall–Kier alpha value is -0.670. The van der Waals surface area contributed by atoms with Gasteiger partial charge in [0.15, 0.2) is 0 Å². The zero-order valence-electron chi connectivity index (χ0n) is 7.26. The molecule has 0 saturated heterocycles. The van der Waals surface area contributed by atoms with Crippen LogP contribution < -0.4 is 5.73 Å². The molecule has 4 heteroatoms. The van der Waals surface area contributed by atoms with E-state index in [9.17, 15) is 8.78 Å². The van der Waals surface area contributed by atoms with Gasteiger partial charge >= 0.3 is 0 Å². The van der Waals surface area contributed by atoms with E-state index in [4.69, 9.17) is 5.73 Å². The number of hydrogen-bond acceptors (Lipinski definition) is 1. The lowest BCUT2D eigenvalue weighted by molar-refractivity contribution is 0.436. The number of nitrogens with two attached hydrogens (primary N) is 1. The van der Waals surface area contributed by atoms with E-state index in [1.807, 2.05) is 0 Å².